The first-order chi connectivity index (χ1) is 18.7. The molecular formula is C30H47NO10. The number of aliphatic carboxylic acids is 1. The second-order valence-corrected chi connectivity index (χ2v) is 13.3. The zero-order valence-corrected chi connectivity index (χ0v) is 26.0. The highest BCUT2D eigenvalue weighted by molar-refractivity contribution is 5.76. The van der Waals surface area contributed by atoms with Gasteiger partial charge < -0.3 is 34.5 Å². The lowest BCUT2D eigenvalue weighted by atomic mass is 9.81. The highest BCUT2D eigenvalue weighted by atomic mass is 16.7. The minimum absolute atomic E-state index is 0.0539. The molecule has 0 aliphatic rings. The summed E-state index contributed by atoms with van der Waals surface area (Å²) in [5, 5.41) is 9.74. The van der Waals surface area contributed by atoms with Gasteiger partial charge in [-0.2, -0.15) is 0 Å². The molecule has 0 saturated heterocycles. The lowest BCUT2D eigenvalue weighted by molar-refractivity contribution is -0.155. The predicted molar refractivity (Wildman–Crippen MR) is 152 cm³/mol. The summed E-state index contributed by atoms with van der Waals surface area (Å²) in [5.74, 6) is -3.47. The van der Waals surface area contributed by atoms with Gasteiger partial charge in [0.05, 0.1) is 25.2 Å². The largest absolute Gasteiger partial charge is 0.513 e. The van der Waals surface area contributed by atoms with Crippen LogP contribution in [0.1, 0.15) is 87.1 Å². The molecule has 0 radical (unpaired) electrons. The molecule has 0 heterocycles. The number of carboxylic acids is 1. The summed E-state index contributed by atoms with van der Waals surface area (Å²) in [4.78, 5) is 49.4. The maximum atomic E-state index is 12.5. The van der Waals surface area contributed by atoms with Crippen molar-refractivity contribution in [1.29, 1.82) is 0 Å². The molecule has 0 amide bonds. The second-order valence-electron chi connectivity index (χ2n) is 13.3. The molecule has 232 valence electrons. The number of benzene rings is 1. The number of carbonyl (C=O) groups is 4. The van der Waals surface area contributed by atoms with Gasteiger partial charge in [-0.15, -0.1) is 0 Å². The Morgan fingerprint density at radius 2 is 1.32 bits per heavy atom. The van der Waals surface area contributed by atoms with Crippen LogP contribution in [0.15, 0.2) is 18.2 Å². The molecule has 11 heteroatoms. The minimum Gasteiger partial charge on any atom is -0.480 e. The van der Waals surface area contributed by atoms with E-state index in [0.29, 0.717) is 12.0 Å². The lowest BCUT2D eigenvalue weighted by Crippen LogP contribution is -2.41. The Kier molecular flexibility index (Phi) is 12.6. The van der Waals surface area contributed by atoms with Gasteiger partial charge in [-0.05, 0) is 54.7 Å². The van der Waals surface area contributed by atoms with Crippen LogP contribution in [-0.4, -0.2) is 55.2 Å². The molecule has 0 saturated carbocycles. The Balaban J connectivity index is 3.40. The van der Waals surface area contributed by atoms with E-state index in [4.69, 9.17) is 29.4 Å². The van der Waals surface area contributed by atoms with Crippen LogP contribution in [0.2, 0.25) is 0 Å². The van der Waals surface area contributed by atoms with Crippen molar-refractivity contribution >= 4 is 24.2 Å². The highest BCUT2D eigenvalue weighted by Crippen LogP contribution is 2.36. The smallest absolute Gasteiger partial charge is 0.480 e. The van der Waals surface area contributed by atoms with Gasteiger partial charge in [0.15, 0.2) is 11.5 Å². The first-order valence-corrected chi connectivity index (χ1v) is 13.7. The molecule has 41 heavy (non-hydrogen) atoms. The second kappa shape index (κ2) is 14.5. The van der Waals surface area contributed by atoms with Crippen LogP contribution in [-0.2, 0) is 23.8 Å². The summed E-state index contributed by atoms with van der Waals surface area (Å²) >= 11 is 0. The molecule has 0 aromatic heterocycles. The molecule has 11 nitrogen and oxygen atoms in total. The van der Waals surface area contributed by atoms with Crippen LogP contribution in [0.4, 0.5) is 9.59 Å². The zero-order chi connectivity index (χ0) is 31.8. The Bertz CT molecular complexity index is 1070. The maximum absolute atomic E-state index is 12.5. The van der Waals surface area contributed by atoms with Crippen LogP contribution in [0.5, 0.6) is 11.5 Å². The van der Waals surface area contributed by atoms with E-state index in [1.165, 1.54) is 18.2 Å². The van der Waals surface area contributed by atoms with Gasteiger partial charge in [-0.3, -0.25) is 9.59 Å². The number of carbonyl (C=O) groups excluding carboxylic acids is 3. The third-order valence-electron chi connectivity index (χ3n) is 6.18. The average molecular weight is 582 g/mol. The summed E-state index contributed by atoms with van der Waals surface area (Å²) in [6.45, 7) is 18.4. The molecule has 1 aromatic carbocycles. The lowest BCUT2D eigenvalue weighted by Gasteiger charge is -2.29. The fraction of sp³-hybridized carbons (Fsp3) is 0.667. The van der Waals surface area contributed by atoms with Crippen molar-refractivity contribution in [2.45, 2.75) is 87.6 Å². The first kappa shape index (κ1) is 35.7. The molecule has 0 aliphatic heterocycles. The topological polar surface area (TPSA) is 161 Å². The average Bonchev–Trinajstić information content (AvgIpc) is 2.85. The Morgan fingerprint density at radius 3 is 1.76 bits per heavy atom. The minimum atomic E-state index is -1.40. The normalized spacial score (nSPS) is 14.3. The van der Waals surface area contributed by atoms with Crippen molar-refractivity contribution in [3.8, 4) is 11.5 Å². The number of carboxylic acid groups (broad SMARTS) is 1. The molecule has 0 fully saturated rings. The van der Waals surface area contributed by atoms with Gasteiger partial charge in [-0.1, -0.05) is 61.5 Å². The van der Waals surface area contributed by atoms with Gasteiger partial charge in [0.1, 0.15) is 6.04 Å². The molecule has 3 N–H and O–H groups in total. The van der Waals surface area contributed by atoms with E-state index < -0.39 is 47.5 Å². The van der Waals surface area contributed by atoms with Gasteiger partial charge in [0, 0.05) is 5.92 Å². The van der Waals surface area contributed by atoms with Gasteiger partial charge in [-0.25, -0.2) is 9.59 Å². The molecule has 1 aromatic rings. The van der Waals surface area contributed by atoms with Crippen LogP contribution in [0.25, 0.3) is 0 Å². The highest BCUT2D eigenvalue weighted by Gasteiger charge is 2.34. The number of esters is 1. The van der Waals surface area contributed by atoms with Crippen molar-refractivity contribution in [3.63, 3.8) is 0 Å². The number of rotatable bonds is 12. The van der Waals surface area contributed by atoms with Crippen LogP contribution < -0.4 is 15.2 Å². The summed E-state index contributed by atoms with van der Waals surface area (Å²) in [6, 6.07) is 2.81. The SMILES string of the molecule is CCC(C)(C)C(=O)OCC(C)C(c1ccc(OC(=O)OCC(C)(C)C)c(OC(=O)OCC(C)(C)C)c1)[C@H](N)C(=O)O. The van der Waals surface area contributed by atoms with Crippen molar-refractivity contribution < 1.29 is 48.0 Å². The van der Waals surface area contributed by atoms with E-state index in [2.05, 4.69) is 0 Å². The van der Waals surface area contributed by atoms with Crippen molar-refractivity contribution in [3.05, 3.63) is 23.8 Å². The summed E-state index contributed by atoms with van der Waals surface area (Å²) < 4.78 is 26.6. The van der Waals surface area contributed by atoms with Crippen LogP contribution in [0, 0.1) is 22.2 Å². The zero-order valence-electron chi connectivity index (χ0n) is 26.0. The van der Waals surface area contributed by atoms with E-state index in [0.717, 1.165) is 0 Å². The number of hydrogen-bond donors (Lipinski definition) is 2. The molecule has 0 bridgehead atoms. The van der Waals surface area contributed by atoms with E-state index in [1.54, 1.807) is 20.8 Å². The van der Waals surface area contributed by atoms with Crippen molar-refractivity contribution in [2.24, 2.45) is 27.9 Å². The molecule has 0 aliphatic carbocycles. The first-order valence-electron chi connectivity index (χ1n) is 13.7. The van der Waals surface area contributed by atoms with Crippen LogP contribution >= 0.6 is 0 Å². The summed E-state index contributed by atoms with van der Waals surface area (Å²) in [6.07, 6.45) is -1.50. The van der Waals surface area contributed by atoms with E-state index in [1.807, 2.05) is 48.5 Å². The number of hydrogen-bond acceptors (Lipinski definition) is 10. The monoisotopic (exact) mass is 581 g/mol. The Hall–Kier alpha value is -3.34. The third kappa shape index (κ3) is 12.4. The van der Waals surface area contributed by atoms with E-state index >= 15 is 0 Å². The molecular weight excluding hydrogens is 534 g/mol. The van der Waals surface area contributed by atoms with E-state index in [-0.39, 0.29) is 42.1 Å². The van der Waals surface area contributed by atoms with Gasteiger partial charge >= 0.3 is 24.2 Å². The fourth-order valence-electron chi connectivity index (χ4n) is 3.38. The number of nitrogens with two attached hydrogens (primary N) is 1. The van der Waals surface area contributed by atoms with Crippen molar-refractivity contribution in [1.82, 2.24) is 0 Å². The third-order valence-corrected chi connectivity index (χ3v) is 6.18. The molecule has 2 unspecified atom stereocenters. The molecule has 0 spiro atoms. The van der Waals surface area contributed by atoms with E-state index in [9.17, 15) is 24.3 Å². The number of ether oxygens (including phenoxy) is 5. The Labute approximate surface area is 243 Å². The quantitative estimate of drug-likeness (QED) is 0.171. The maximum Gasteiger partial charge on any atom is 0.513 e. The Morgan fingerprint density at radius 1 is 0.829 bits per heavy atom. The molecule has 3 atom stereocenters. The fourth-order valence-corrected chi connectivity index (χ4v) is 3.38. The van der Waals surface area contributed by atoms with Gasteiger partial charge in [0.2, 0.25) is 0 Å². The van der Waals surface area contributed by atoms with Crippen molar-refractivity contribution in [2.75, 3.05) is 19.8 Å². The summed E-state index contributed by atoms with van der Waals surface area (Å²) in [7, 11) is 0. The molecule has 1 rings (SSSR count). The standard InChI is InChI=1S/C30H47NO10/c1-11-30(9,10)25(34)37-15-18(2)22(23(31)24(32)33)19-12-13-20(40-26(35)38-16-28(3,4)5)21(14-19)41-27(36)39-17-29(6,7)8/h12-14,18,22-23H,11,15-17,31H2,1-10H3,(H,32,33)/t18?,22?,23-/m0/s1. The van der Waals surface area contributed by atoms with Crippen LogP contribution in [0.3, 0.4) is 0 Å². The van der Waals surface area contributed by atoms with Gasteiger partial charge in [0.25, 0.3) is 0 Å². The summed E-state index contributed by atoms with van der Waals surface area (Å²) in [5.41, 5.74) is 5.07. The predicted octanol–water partition coefficient (Wildman–Crippen LogP) is 5.92.